The summed E-state index contributed by atoms with van der Waals surface area (Å²) < 4.78 is 72.4. The lowest BCUT2D eigenvalue weighted by Gasteiger charge is -2.13. The number of halogens is 4. The van der Waals surface area contributed by atoms with E-state index in [1.807, 2.05) is 0 Å². The molecule has 1 heterocycles. The molecule has 0 atom stereocenters. The number of nitrogens with zero attached hydrogens (tertiary/aromatic N) is 2. The number of guanidine groups is 1. The molecular formula is C20H24F4N6O6S. The maximum absolute atomic E-state index is 13.0. The van der Waals surface area contributed by atoms with Gasteiger partial charge in [0.15, 0.2) is 0 Å². The highest BCUT2D eigenvalue weighted by atomic mass is 32.2. The second-order valence-electron chi connectivity index (χ2n) is 7.13. The van der Waals surface area contributed by atoms with Crippen molar-refractivity contribution in [3.63, 3.8) is 0 Å². The van der Waals surface area contributed by atoms with Crippen molar-refractivity contribution in [1.82, 2.24) is 9.88 Å². The van der Waals surface area contributed by atoms with Gasteiger partial charge in [0.1, 0.15) is 24.7 Å². The summed E-state index contributed by atoms with van der Waals surface area (Å²) in [4.78, 5) is 38.2. The number of anilines is 1. The first-order valence-electron chi connectivity index (χ1n) is 10.1. The summed E-state index contributed by atoms with van der Waals surface area (Å²) in [6.45, 7) is 1.38. The van der Waals surface area contributed by atoms with E-state index in [0.717, 1.165) is 16.7 Å². The van der Waals surface area contributed by atoms with Gasteiger partial charge in [-0.1, -0.05) is 12.1 Å². The zero-order valence-corrected chi connectivity index (χ0v) is 20.1. The molecule has 204 valence electrons. The highest BCUT2D eigenvalue weighted by Crippen LogP contribution is 2.11. The molecule has 0 aliphatic carbocycles. The molecule has 37 heavy (non-hydrogen) atoms. The van der Waals surface area contributed by atoms with Gasteiger partial charge in [-0.05, 0) is 41.9 Å². The van der Waals surface area contributed by atoms with Crippen LogP contribution in [0.25, 0.3) is 0 Å². The Morgan fingerprint density at radius 3 is 2.30 bits per heavy atom. The zero-order chi connectivity index (χ0) is 28.2. The van der Waals surface area contributed by atoms with Gasteiger partial charge < -0.3 is 26.2 Å². The maximum atomic E-state index is 13.0. The minimum Gasteiger partial charge on any atom is -0.391 e. The van der Waals surface area contributed by atoms with Crippen molar-refractivity contribution in [2.24, 2.45) is 16.6 Å². The molecule has 0 fully saturated rings. The number of hydrogen-bond donors (Lipinski definition) is 4. The summed E-state index contributed by atoms with van der Waals surface area (Å²) >= 11 is 0. The van der Waals surface area contributed by atoms with Crippen LogP contribution in [0.2, 0.25) is 0 Å². The van der Waals surface area contributed by atoms with E-state index in [4.69, 9.17) is 21.1 Å². The molecule has 1 aromatic carbocycles. The minimum absolute atomic E-state index is 0.0146. The van der Waals surface area contributed by atoms with Crippen LogP contribution in [-0.4, -0.2) is 50.5 Å². The maximum Gasteiger partial charge on any atom is 0.446 e. The van der Waals surface area contributed by atoms with E-state index in [2.05, 4.69) is 15.2 Å². The monoisotopic (exact) mass is 552 g/mol. The molecule has 0 radical (unpaired) electrons. The van der Waals surface area contributed by atoms with Crippen LogP contribution < -0.4 is 27.1 Å². The van der Waals surface area contributed by atoms with Crippen molar-refractivity contribution < 1.29 is 40.4 Å². The normalized spacial score (nSPS) is 10.9. The molecule has 12 nitrogen and oxygen atoms in total. The number of aldehydes is 1. The third-order valence-corrected chi connectivity index (χ3v) is 5.29. The Labute approximate surface area is 208 Å². The first-order valence-corrected chi connectivity index (χ1v) is 11.7. The number of nitrogens with two attached hydrogens (primary N) is 2. The zero-order valence-electron chi connectivity index (χ0n) is 19.3. The van der Waals surface area contributed by atoms with Crippen LogP contribution in [0.5, 0.6) is 0 Å². The average molecular weight is 553 g/mol. The van der Waals surface area contributed by atoms with Crippen molar-refractivity contribution in [3.05, 3.63) is 63.8 Å². The summed E-state index contributed by atoms with van der Waals surface area (Å²) in [6, 6.07) is 7.78. The molecule has 0 unspecified atom stereocenters. The van der Waals surface area contributed by atoms with Gasteiger partial charge in [-0.15, -0.1) is 0 Å². The van der Waals surface area contributed by atoms with E-state index in [9.17, 15) is 35.6 Å². The Bertz CT molecular complexity index is 1260. The summed E-state index contributed by atoms with van der Waals surface area (Å²) in [5.74, 6) is -1.69. The Morgan fingerprint density at radius 1 is 1.16 bits per heavy atom. The molecule has 0 aliphatic heterocycles. The van der Waals surface area contributed by atoms with Gasteiger partial charge in [0.05, 0.1) is 12.3 Å². The molecule has 0 saturated carbocycles. The van der Waals surface area contributed by atoms with Crippen molar-refractivity contribution in [2.75, 3.05) is 17.9 Å². The number of aromatic nitrogens is 1. The topological polar surface area (TPSA) is 188 Å². The lowest BCUT2D eigenvalue weighted by Crippen LogP contribution is -2.36. The fourth-order valence-corrected chi connectivity index (χ4v) is 3.70. The van der Waals surface area contributed by atoms with Gasteiger partial charge in [0.2, 0.25) is 28.2 Å². The lowest BCUT2D eigenvalue weighted by molar-refractivity contribution is -0.156. The smallest absolute Gasteiger partial charge is 0.391 e. The van der Waals surface area contributed by atoms with E-state index in [1.54, 1.807) is 6.92 Å². The molecule has 0 spiro atoms. The fourth-order valence-electron chi connectivity index (χ4n) is 2.50. The van der Waals surface area contributed by atoms with Crippen LogP contribution in [-0.2, 0) is 36.7 Å². The number of pyridine rings is 1. The predicted molar refractivity (Wildman–Crippen MR) is 125 cm³/mol. The van der Waals surface area contributed by atoms with E-state index < -0.39 is 45.5 Å². The second kappa shape index (κ2) is 13.8. The van der Waals surface area contributed by atoms with Crippen molar-refractivity contribution >= 4 is 33.9 Å². The second-order valence-corrected chi connectivity index (χ2v) is 8.85. The molecule has 6 N–H and O–H groups in total. The number of oxime groups is 1. The van der Waals surface area contributed by atoms with E-state index >= 15 is 0 Å². The van der Waals surface area contributed by atoms with Gasteiger partial charge in [-0.25, -0.2) is 12.8 Å². The standard InChI is InChI=1S/C18H23FN6O5S.C2HF3O/c1-12-2-7-15(24-31(28,29)11-13-3-5-14(19)6-4-13)17(27)25(12)10-16(26)22-8-9-30-23-18(20)21;3-2(4,5)1-6/h2-7,24H,8-11H2,1H3,(H,22,26)(H4,20,21,23);1H. The van der Waals surface area contributed by atoms with Crippen LogP contribution >= 0.6 is 0 Å². The SMILES string of the molecule is Cc1ccc(NS(=O)(=O)Cc2ccc(F)cc2)c(=O)n1CC(=O)NCCON=C(N)N.O=CC(F)(F)F. The number of nitrogens with one attached hydrogen (secondary N) is 2. The molecule has 17 heteroatoms. The quantitative estimate of drug-likeness (QED) is 0.0809. The number of carbonyl (C=O) groups is 2. The number of carbonyl (C=O) groups excluding carboxylic acids is 2. The van der Waals surface area contributed by atoms with Crippen molar-refractivity contribution in [3.8, 4) is 0 Å². The van der Waals surface area contributed by atoms with Crippen molar-refractivity contribution in [2.45, 2.75) is 25.4 Å². The van der Waals surface area contributed by atoms with Gasteiger partial charge >= 0.3 is 6.18 Å². The highest BCUT2D eigenvalue weighted by Gasteiger charge is 2.25. The van der Waals surface area contributed by atoms with Crippen molar-refractivity contribution in [1.29, 1.82) is 0 Å². The molecule has 0 bridgehead atoms. The van der Waals surface area contributed by atoms with Crippen LogP contribution in [0, 0.1) is 12.7 Å². The van der Waals surface area contributed by atoms with Crippen LogP contribution in [0.3, 0.4) is 0 Å². The number of rotatable bonds is 10. The predicted octanol–water partition coefficient (Wildman–Crippen LogP) is 0.307. The number of aryl methyl sites for hydroxylation is 1. The third kappa shape index (κ3) is 12.4. The van der Waals surface area contributed by atoms with Crippen LogP contribution in [0.15, 0.2) is 46.3 Å². The molecule has 2 rings (SSSR count). The number of alkyl halides is 3. The number of sulfonamides is 1. The highest BCUT2D eigenvalue weighted by molar-refractivity contribution is 7.91. The lowest BCUT2D eigenvalue weighted by atomic mass is 10.2. The van der Waals surface area contributed by atoms with E-state index in [1.165, 1.54) is 24.3 Å². The largest absolute Gasteiger partial charge is 0.446 e. The Balaban J connectivity index is 0.00000102. The fraction of sp³-hybridized carbons (Fsp3) is 0.300. The first-order chi connectivity index (χ1) is 17.1. The summed E-state index contributed by atoms with van der Waals surface area (Å²) in [5, 5.41) is 5.82. The van der Waals surface area contributed by atoms with Gasteiger partial charge in [-0.2, -0.15) is 13.2 Å². The van der Waals surface area contributed by atoms with Gasteiger partial charge in [0.25, 0.3) is 5.56 Å². The summed E-state index contributed by atoms with van der Waals surface area (Å²) in [7, 11) is -3.94. The Hall–Kier alpha value is -4.15. The molecule has 2 aromatic rings. The van der Waals surface area contributed by atoms with Gasteiger partial charge in [-0.3, -0.25) is 19.1 Å². The summed E-state index contributed by atoms with van der Waals surface area (Å²) in [5.41, 5.74) is 10.1. The van der Waals surface area contributed by atoms with E-state index in [0.29, 0.717) is 11.3 Å². The van der Waals surface area contributed by atoms with Crippen LogP contribution in [0.1, 0.15) is 11.3 Å². The molecule has 0 saturated heterocycles. The minimum atomic E-state index is -4.64. The van der Waals surface area contributed by atoms with Crippen LogP contribution in [0.4, 0.5) is 23.2 Å². The number of amides is 1. The first kappa shape index (κ1) is 30.9. The molecular weight excluding hydrogens is 528 g/mol. The number of hydrogen-bond acceptors (Lipinski definition) is 7. The molecule has 1 amide bonds. The molecule has 1 aromatic heterocycles. The number of benzene rings is 1. The Morgan fingerprint density at radius 2 is 1.76 bits per heavy atom. The molecule has 0 aliphatic rings. The third-order valence-electron chi connectivity index (χ3n) is 4.05. The average Bonchev–Trinajstić information content (AvgIpc) is 2.79. The van der Waals surface area contributed by atoms with Gasteiger partial charge in [0, 0.05) is 5.69 Å². The summed E-state index contributed by atoms with van der Waals surface area (Å²) in [6.07, 6.45) is -5.70. The Kier molecular flexibility index (Phi) is 11.5. The van der Waals surface area contributed by atoms with E-state index in [-0.39, 0.29) is 31.3 Å².